The largest absolute Gasteiger partial charge is 0.450 e. The summed E-state index contributed by atoms with van der Waals surface area (Å²) in [5, 5.41) is 0. The minimum absolute atomic E-state index is 0.598. The Balaban J connectivity index is 2.46. The van der Waals surface area contributed by atoms with Gasteiger partial charge >= 0.3 is 11.9 Å². The Bertz CT molecular complexity index is 643. The Morgan fingerprint density at radius 1 is 0.708 bits per heavy atom. The maximum atomic E-state index is 11.8. The predicted octanol–water partition coefficient (Wildman–Crippen LogP) is 3.93. The number of hydrogen-bond donors (Lipinski definition) is 0. The first-order chi connectivity index (χ1) is 11.7. The highest BCUT2D eigenvalue weighted by atomic mass is 16.6. The first kappa shape index (κ1) is 17.2. The molecule has 2 aromatic rings. The summed E-state index contributed by atoms with van der Waals surface area (Å²) < 4.78 is 11.0. The third-order valence-electron chi connectivity index (χ3n) is 3.35. The van der Waals surface area contributed by atoms with Crippen molar-refractivity contribution in [3.05, 3.63) is 97.1 Å². The molecule has 0 bridgehead atoms. The molecule has 0 spiro atoms. The molecule has 0 aromatic heterocycles. The number of hydrogen-bond acceptors (Lipinski definition) is 4. The molecule has 0 amide bonds. The zero-order valence-corrected chi connectivity index (χ0v) is 13.1. The van der Waals surface area contributed by atoms with E-state index in [1.807, 2.05) is 36.4 Å². The number of carbonyl (C=O) groups is 2. The molecule has 0 aliphatic carbocycles. The zero-order chi connectivity index (χ0) is 17.4. The Morgan fingerprint density at radius 3 is 1.33 bits per heavy atom. The van der Waals surface area contributed by atoms with E-state index in [2.05, 4.69) is 13.2 Å². The first-order valence-corrected chi connectivity index (χ1v) is 7.41. The van der Waals surface area contributed by atoms with Gasteiger partial charge in [0, 0.05) is 12.2 Å². The minimum Gasteiger partial charge on any atom is -0.450 e. The summed E-state index contributed by atoms with van der Waals surface area (Å²) in [4.78, 5) is 23.6. The molecule has 0 unspecified atom stereocenters. The fourth-order valence-electron chi connectivity index (χ4n) is 2.24. The lowest BCUT2D eigenvalue weighted by molar-refractivity contribution is -0.163. The van der Waals surface area contributed by atoms with Crippen LogP contribution in [-0.2, 0) is 19.1 Å². The standard InChI is InChI=1S/C20H18O4/c1-3-17(21)23-19(15-11-7-5-8-12-15)20(24-18(22)4-2)16-13-9-6-10-14-16/h3-14,19-20H,1-2H2/t19-,20-/m1/s1. The van der Waals surface area contributed by atoms with Crippen molar-refractivity contribution in [3.63, 3.8) is 0 Å². The van der Waals surface area contributed by atoms with E-state index in [0.29, 0.717) is 11.1 Å². The number of carbonyl (C=O) groups excluding carboxylic acids is 2. The van der Waals surface area contributed by atoms with Gasteiger partial charge < -0.3 is 9.47 Å². The van der Waals surface area contributed by atoms with Gasteiger partial charge in [0.1, 0.15) is 0 Å². The molecule has 0 N–H and O–H groups in total. The van der Waals surface area contributed by atoms with Gasteiger partial charge in [0.25, 0.3) is 0 Å². The molecule has 0 saturated carbocycles. The number of ether oxygens (including phenoxy) is 2. The molecule has 4 nitrogen and oxygen atoms in total. The van der Waals surface area contributed by atoms with Crippen LogP contribution in [0.3, 0.4) is 0 Å². The van der Waals surface area contributed by atoms with Gasteiger partial charge in [0.2, 0.25) is 0 Å². The monoisotopic (exact) mass is 322 g/mol. The highest BCUT2D eigenvalue weighted by molar-refractivity contribution is 5.82. The number of benzene rings is 2. The smallest absolute Gasteiger partial charge is 0.330 e. The van der Waals surface area contributed by atoms with Crippen LogP contribution in [0.1, 0.15) is 23.3 Å². The van der Waals surface area contributed by atoms with Crippen LogP contribution in [0.15, 0.2) is 86.0 Å². The van der Waals surface area contributed by atoms with Crippen LogP contribution in [0, 0.1) is 0 Å². The van der Waals surface area contributed by atoms with Crippen LogP contribution in [0.2, 0.25) is 0 Å². The molecule has 24 heavy (non-hydrogen) atoms. The van der Waals surface area contributed by atoms with E-state index in [-0.39, 0.29) is 0 Å². The topological polar surface area (TPSA) is 52.6 Å². The van der Waals surface area contributed by atoms with Gasteiger partial charge in [-0.2, -0.15) is 0 Å². The summed E-state index contributed by atoms with van der Waals surface area (Å²) >= 11 is 0. The molecular formula is C20H18O4. The lowest BCUT2D eigenvalue weighted by atomic mass is 9.98. The van der Waals surface area contributed by atoms with Gasteiger partial charge in [0.05, 0.1) is 0 Å². The predicted molar refractivity (Wildman–Crippen MR) is 90.9 cm³/mol. The maximum Gasteiger partial charge on any atom is 0.330 e. The van der Waals surface area contributed by atoms with E-state index in [4.69, 9.17) is 9.47 Å². The van der Waals surface area contributed by atoms with Crippen LogP contribution in [0.5, 0.6) is 0 Å². The van der Waals surface area contributed by atoms with Crippen LogP contribution in [0.4, 0.5) is 0 Å². The van der Waals surface area contributed by atoms with Gasteiger partial charge in [-0.15, -0.1) is 0 Å². The highest BCUT2D eigenvalue weighted by Gasteiger charge is 2.30. The van der Waals surface area contributed by atoms with Crippen LogP contribution < -0.4 is 0 Å². The van der Waals surface area contributed by atoms with Crippen LogP contribution >= 0.6 is 0 Å². The fourth-order valence-corrected chi connectivity index (χ4v) is 2.24. The molecule has 0 aliphatic rings. The van der Waals surface area contributed by atoms with Crippen molar-refractivity contribution >= 4 is 11.9 Å². The molecule has 2 aromatic carbocycles. The summed E-state index contributed by atoms with van der Waals surface area (Å²) in [6.45, 7) is 6.84. The van der Waals surface area contributed by atoms with Crippen molar-refractivity contribution in [1.82, 2.24) is 0 Å². The van der Waals surface area contributed by atoms with Crippen molar-refractivity contribution in [2.75, 3.05) is 0 Å². The lowest BCUT2D eigenvalue weighted by Gasteiger charge is -2.27. The molecule has 4 heteroatoms. The third-order valence-corrected chi connectivity index (χ3v) is 3.35. The molecule has 2 atom stereocenters. The second kappa shape index (κ2) is 8.48. The molecule has 0 saturated heterocycles. The van der Waals surface area contributed by atoms with Crippen molar-refractivity contribution in [2.24, 2.45) is 0 Å². The Labute approximate surface area is 141 Å². The van der Waals surface area contributed by atoms with E-state index in [9.17, 15) is 9.59 Å². The molecule has 0 radical (unpaired) electrons. The normalized spacial score (nSPS) is 12.5. The first-order valence-electron chi connectivity index (χ1n) is 7.41. The van der Waals surface area contributed by atoms with E-state index < -0.39 is 24.1 Å². The molecular weight excluding hydrogens is 304 g/mol. The molecule has 0 aliphatic heterocycles. The van der Waals surface area contributed by atoms with E-state index in [1.165, 1.54) is 0 Å². The summed E-state index contributed by atoms with van der Waals surface area (Å²) in [5.41, 5.74) is 1.41. The zero-order valence-electron chi connectivity index (χ0n) is 13.1. The van der Waals surface area contributed by atoms with Gasteiger partial charge in [-0.25, -0.2) is 9.59 Å². The van der Waals surface area contributed by atoms with Crippen molar-refractivity contribution in [2.45, 2.75) is 12.2 Å². The quantitative estimate of drug-likeness (QED) is 0.572. The Kier molecular flexibility index (Phi) is 6.08. The highest BCUT2D eigenvalue weighted by Crippen LogP contribution is 2.35. The van der Waals surface area contributed by atoms with Gasteiger partial charge in [-0.3, -0.25) is 0 Å². The SMILES string of the molecule is C=CC(=O)O[C@H](c1ccccc1)[C@H](OC(=O)C=C)c1ccccc1. The molecule has 2 rings (SSSR count). The Morgan fingerprint density at radius 2 is 1.04 bits per heavy atom. The summed E-state index contributed by atoms with van der Waals surface area (Å²) in [7, 11) is 0. The fraction of sp³-hybridized carbons (Fsp3) is 0.100. The molecule has 0 fully saturated rings. The van der Waals surface area contributed by atoms with Crippen molar-refractivity contribution < 1.29 is 19.1 Å². The van der Waals surface area contributed by atoms with Gasteiger partial charge in [0.15, 0.2) is 12.2 Å². The van der Waals surface area contributed by atoms with Gasteiger partial charge in [-0.05, 0) is 11.1 Å². The van der Waals surface area contributed by atoms with Crippen molar-refractivity contribution in [1.29, 1.82) is 0 Å². The van der Waals surface area contributed by atoms with Crippen LogP contribution in [0.25, 0.3) is 0 Å². The average Bonchev–Trinajstić information content (AvgIpc) is 2.65. The van der Waals surface area contributed by atoms with E-state index >= 15 is 0 Å². The number of esters is 2. The maximum absolute atomic E-state index is 11.8. The summed E-state index contributed by atoms with van der Waals surface area (Å²) in [6.07, 6.45) is 0.548. The third kappa shape index (κ3) is 4.43. The molecule has 0 heterocycles. The van der Waals surface area contributed by atoms with Gasteiger partial charge in [-0.1, -0.05) is 73.8 Å². The second-order valence-corrected chi connectivity index (χ2v) is 4.94. The average molecular weight is 322 g/mol. The lowest BCUT2D eigenvalue weighted by Crippen LogP contribution is -2.22. The van der Waals surface area contributed by atoms with Crippen LogP contribution in [-0.4, -0.2) is 11.9 Å². The second-order valence-electron chi connectivity index (χ2n) is 4.94. The van der Waals surface area contributed by atoms with Crippen molar-refractivity contribution in [3.8, 4) is 0 Å². The van der Waals surface area contributed by atoms with E-state index in [1.54, 1.807) is 24.3 Å². The Hall–Kier alpha value is -3.14. The summed E-state index contributed by atoms with van der Waals surface area (Å²) in [6, 6.07) is 18.2. The number of rotatable bonds is 7. The van der Waals surface area contributed by atoms with E-state index in [0.717, 1.165) is 12.2 Å². The minimum atomic E-state index is -0.803. The summed E-state index contributed by atoms with van der Waals surface area (Å²) in [5.74, 6) is -1.20. The molecule has 122 valence electrons.